The third-order valence-electron chi connectivity index (χ3n) is 5.82. The van der Waals surface area contributed by atoms with Gasteiger partial charge in [-0.2, -0.15) is 0 Å². The second kappa shape index (κ2) is 10.8. The lowest BCUT2D eigenvalue weighted by molar-refractivity contribution is -0.114. The van der Waals surface area contributed by atoms with Crippen LogP contribution in [0.1, 0.15) is 0 Å². The molecule has 0 saturated heterocycles. The van der Waals surface area contributed by atoms with Gasteiger partial charge < -0.3 is 29.0 Å². The molecule has 0 fully saturated rings. The van der Waals surface area contributed by atoms with Crippen LogP contribution in [0.4, 0.5) is 5.69 Å². The number of carbonyl (C=O) groups is 1. The first-order chi connectivity index (χ1) is 19.0. The van der Waals surface area contributed by atoms with Gasteiger partial charge in [-0.15, -0.1) is 0 Å². The monoisotopic (exact) mass is 526 g/mol. The molecule has 0 bridgehead atoms. The van der Waals surface area contributed by atoms with Crippen molar-refractivity contribution in [2.75, 3.05) is 33.2 Å². The van der Waals surface area contributed by atoms with E-state index >= 15 is 0 Å². The van der Waals surface area contributed by atoms with Gasteiger partial charge in [-0.25, -0.2) is 9.97 Å². The summed E-state index contributed by atoms with van der Waals surface area (Å²) >= 11 is 0. The maximum Gasteiger partial charge on any atom is 0.230 e. The first kappa shape index (κ1) is 25.1. The predicted molar refractivity (Wildman–Crippen MR) is 143 cm³/mol. The quantitative estimate of drug-likeness (QED) is 0.149. The van der Waals surface area contributed by atoms with E-state index < -0.39 is 5.91 Å². The van der Waals surface area contributed by atoms with Gasteiger partial charge in [0.15, 0.2) is 23.0 Å². The molecule has 0 spiro atoms. The van der Waals surface area contributed by atoms with Crippen LogP contribution < -0.4 is 19.5 Å². The molecule has 13 heteroatoms. The molecule has 0 radical (unpaired) electrons. The molecule has 0 atom stereocenters. The Morgan fingerprint density at radius 2 is 1.77 bits per heavy atom. The molecule has 2 aromatic carbocycles. The number of carbonyl (C=O) groups excluding carboxylic acids is 1. The predicted octanol–water partition coefficient (Wildman–Crippen LogP) is 5.22. The third kappa shape index (κ3) is 5.15. The van der Waals surface area contributed by atoms with E-state index in [0.717, 1.165) is 11.1 Å². The van der Waals surface area contributed by atoms with Gasteiger partial charge in [-0.1, -0.05) is 22.4 Å². The van der Waals surface area contributed by atoms with E-state index in [-0.39, 0.29) is 6.54 Å². The van der Waals surface area contributed by atoms with Crippen molar-refractivity contribution in [1.29, 1.82) is 0 Å². The minimum absolute atomic E-state index is 0.268. The molecule has 1 amide bonds. The molecule has 0 aliphatic carbocycles. The first-order valence-corrected chi connectivity index (χ1v) is 11.6. The van der Waals surface area contributed by atoms with Crippen LogP contribution in [-0.4, -0.2) is 53.9 Å². The number of imidazole rings is 1. The number of pyridine rings is 1. The van der Waals surface area contributed by atoms with E-state index in [0.29, 0.717) is 56.9 Å². The molecule has 196 valence electrons. The highest BCUT2D eigenvalue weighted by Crippen LogP contribution is 2.41. The Hall–Kier alpha value is -5.55. The molecule has 0 aliphatic rings. The van der Waals surface area contributed by atoms with Gasteiger partial charge in [0.25, 0.3) is 0 Å². The summed E-state index contributed by atoms with van der Waals surface area (Å²) < 4.78 is 21.8. The zero-order valence-corrected chi connectivity index (χ0v) is 21.1. The normalized spacial score (nSPS) is 10.6. The molecule has 2 N–H and O–H groups in total. The minimum Gasteiger partial charge on any atom is -0.493 e. The summed E-state index contributed by atoms with van der Waals surface area (Å²) in [6.45, 7) is -0.268. The van der Waals surface area contributed by atoms with Crippen molar-refractivity contribution in [2.45, 2.75) is 0 Å². The number of hydrogen-bond donors (Lipinski definition) is 2. The summed E-state index contributed by atoms with van der Waals surface area (Å²) in [5.74, 6) is 1.99. The van der Waals surface area contributed by atoms with Crippen LogP contribution in [0, 0.1) is 0 Å². The number of hydrogen-bond acceptors (Lipinski definition) is 9. The first-order valence-electron chi connectivity index (χ1n) is 11.6. The highest BCUT2D eigenvalue weighted by Gasteiger charge is 2.18. The van der Waals surface area contributed by atoms with E-state index in [1.165, 1.54) is 0 Å². The number of aromatic nitrogens is 4. The van der Waals surface area contributed by atoms with Crippen molar-refractivity contribution in [3.05, 3.63) is 65.2 Å². The largest absolute Gasteiger partial charge is 0.493 e. The van der Waals surface area contributed by atoms with Gasteiger partial charge in [0.1, 0.15) is 12.2 Å². The molecule has 3 heterocycles. The zero-order valence-electron chi connectivity index (χ0n) is 21.1. The number of ether oxygens (including phenoxy) is 3. The highest BCUT2D eigenvalue weighted by molar-refractivity contribution is 5.92. The Morgan fingerprint density at radius 1 is 1.03 bits per heavy atom. The Bertz CT molecular complexity index is 1680. The number of nitrogens with zero attached hydrogens (tertiary/aromatic N) is 6. The molecule has 3 aromatic heterocycles. The number of benzene rings is 2. The maximum atomic E-state index is 11.7. The van der Waals surface area contributed by atoms with E-state index in [1.807, 2.05) is 18.2 Å². The van der Waals surface area contributed by atoms with Crippen molar-refractivity contribution in [3.8, 4) is 51.2 Å². The number of anilines is 1. The van der Waals surface area contributed by atoms with Crippen molar-refractivity contribution < 1.29 is 23.5 Å². The lowest BCUT2D eigenvalue weighted by Crippen LogP contribution is -2.14. The topological polar surface area (TPSA) is 173 Å². The molecule has 0 aliphatic heterocycles. The fraction of sp³-hybridized carbons (Fsp3) is 0.154. The number of H-pyrrole nitrogens is 1. The van der Waals surface area contributed by atoms with Crippen LogP contribution in [0.3, 0.4) is 0 Å². The van der Waals surface area contributed by atoms with Crippen LogP contribution in [0.25, 0.3) is 55.6 Å². The third-order valence-corrected chi connectivity index (χ3v) is 5.82. The minimum atomic E-state index is -0.394. The molecular formula is C26H22N8O5. The molecule has 5 rings (SSSR count). The summed E-state index contributed by atoms with van der Waals surface area (Å²) in [6.07, 6.45) is 1.71. The number of aromatic amines is 1. The second-order valence-corrected chi connectivity index (χ2v) is 8.19. The van der Waals surface area contributed by atoms with E-state index in [9.17, 15) is 4.79 Å². The summed E-state index contributed by atoms with van der Waals surface area (Å²) in [5, 5.41) is 10.1. The number of amides is 1. The van der Waals surface area contributed by atoms with E-state index in [4.69, 9.17) is 24.3 Å². The molecule has 5 aromatic rings. The number of nitrogens with one attached hydrogen (secondary N) is 2. The van der Waals surface area contributed by atoms with Crippen molar-refractivity contribution in [3.63, 3.8) is 0 Å². The molecule has 39 heavy (non-hydrogen) atoms. The van der Waals surface area contributed by atoms with Gasteiger partial charge in [0, 0.05) is 34.0 Å². The lowest BCUT2D eigenvalue weighted by Gasteiger charge is -2.13. The Morgan fingerprint density at radius 3 is 2.44 bits per heavy atom. The molecule has 0 saturated carbocycles. The Kier molecular flexibility index (Phi) is 6.97. The van der Waals surface area contributed by atoms with Crippen LogP contribution in [0.15, 0.2) is 64.4 Å². The average molecular weight is 527 g/mol. The van der Waals surface area contributed by atoms with Gasteiger partial charge >= 0.3 is 0 Å². The number of methoxy groups -OCH3 is 3. The number of azide groups is 1. The van der Waals surface area contributed by atoms with Crippen molar-refractivity contribution in [1.82, 2.24) is 20.1 Å². The molecule has 0 unspecified atom stereocenters. The van der Waals surface area contributed by atoms with Gasteiger partial charge in [0.05, 0.1) is 26.8 Å². The van der Waals surface area contributed by atoms with Crippen LogP contribution >= 0.6 is 0 Å². The van der Waals surface area contributed by atoms with Crippen LogP contribution in [0.2, 0.25) is 0 Å². The van der Waals surface area contributed by atoms with E-state index in [1.54, 1.807) is 57.9 Å². The Balaban J connectivity index is 1.39. The van der Waals surface area contributed by atoms with Gasteiger partial charge in [-0.05, 0) is 41.4 Å². The summed E-state index contributed by atoms with van der Waals surface area (Å²) in [4.78, 5) is 26.6. The molecule has 13 nitrogen and oxygen atoms in total. The maximum absolute atomic E-state index is 11.7. The van der Waals surface area contributed by atoms with Crippen LogP contribution in [0.5, 0.6) is 17.2 Å². The summed E-state index contributed by atoms with van der Waals surface area (Å²) in [6, 6.07) is 14.5. The van der Waals surface area contributed by atoms with E-state index in [2.05, 4.69) is 35.5 Å². The SMILES string of the molecule is COc1cc(-c2cc(-c3nc4ncc(-c5ccc(NC(=O)CN=[N+]=[N-])cc5)cc4[nH]3)on2)cc(OC)c1OC. The smallest absolute Gasteiger partial charge is 0.230 e. The second-order valence-electron chi connectivity index (χ2n) is 8.19. The molecular weight excluding hydrogens is 504 g/mol. The van der Waals surface area contributed by atoms with Crippen molar-refractivity contribution in [2.24, 2.45) is 5.11 Å². The average Bonchev–Trinajstić information content (AvgIpc) is 3.63. The van der Waals surface area contributed by atoms with Crippen molar-refractivity contribution >= 4 is 22.8 Å². The van der Waals surface area contributed by atoms with Gasteiger partial charge in [0.2, 0.25) is 17.4 Å². The van der Waals surface area contributed by atoms with Crippen LogP contribution in [-0.2, 0) is 4.79 Å². The standard InChI is InChI=1S/C26H22N8O5/c1-36-20-9-15(10-21(37-2)24(20)38-3)18-11-22(39-33-18)26-31-19-8-16(12-28-25(19)32-26)14-4-6-17(7-5-14)30-23(35)13-29-34-27/h4-12H,13H2,1-3H3,(H,30,35)(H,28,31,32). The summed E-state index contributed by atoms with van der Waals surface area (Å²) in [5.41, 5.74) is 13.2. The number of fused-ring (bicyclic) bond motifs is 1. The van der Waals surface area contributed by atoms with Gasteiger partial charge in [-0.3, -0.25) is 4.79 Å². The number of rotatable bonds is 9. The fourth-order valence-electron chi connectivity index (χ4n) is 3.97. The lowest BCUT2D eigenvalue weighted by atomic mass is 10.1. The highest BCUT2D eigenvalue weighted by atomic mass is 16.5. The zero-order chi connectivity index (χ0) is 27.4. The summed E-state index contributed by atoms with van der Waals surface area (Å²) in [7, 11) is 4.64. The Labute approximate surface area is 221 Å². The fourth-order valence-corrected chi connectivity index (χ4v) is 3.97.